The maximum absolute atomic E-state index is 11.9. The third-order valence-corrected chi connectivity index (χ3v) is 11.4. The molecule has 0 radical (unpaired) electrons. The van der Waals surface area contributed by atoms with Crippen molar-refractivity contribution in [2.45, 2.75) is 119 Å². The van der Waals surface area contributed by atoms with Crippen LogP contribution in [0.3, 0.4) is 0 Å². The molecule has 31 heavy (non-hydrogen) atoms. The predicted molar refractivity (Wildman–Crippen MR) is 137 cm³/mol. The zero-order valence-corrected chi connectivity index (χ0v) is 22.9. The van der Waals surface area contributed by atoms with Crippen molar-refractivity contribution in [3.05, 3.63) is 10.6 Å². The normalized spacial score (nSPS) is 43.1. The SMILES string of the molecule is CC[C@@H](C)[C@H]1CC[C@H]2/C(=C/Br)CCC[C@]12C.CC[C@@H](C)[C@H]1CC[C@H]2C(=O)CCC[C@]12C. The number of hydrogen-bond donors (Lipinski definition) is 0. The highest BCUT2D eigenvalue weighted by Crippen LogP contribution is 2.60. The average molecular weight is 494 g/mol. The summed E-state index contributed by atoms with van der Waals surface area (Å²) >= 11 is 3.58. The van der Waals surface area contributed by atoms with E-state index in [2.05, 4.69) is 62.5 Å². The van der Waals surface area contributed by atoms with Crippen LogP contribution in [-0.2, 0) is 4.79 Å². The molecule has 0 bridgehead atoms. The van der Waals surface area contributed by atoms with Crippen molar-refractivity contribution in [2.24, 2.45) is 46.3 Å². The second-order valence-corrected chi connectivity index (χ2v) is 12.6. The molecule has 0 amide bonds. The molecule has 4 fully saturated rings. The number of Topliss-reactive ketones (excluding diaryl/α,β-unsaturated/α-hetero) is 1. The maximum Gasteiger partial charge on any atom is 0.136 e. The summed E-state index contributed by atoms with van der Waals surface area (Å²) in [5.41, 5.74) is 2.65. The lowest BCUT2D eigenvalue weighted by atomic mass is 9.61. The molecule has 0 saturated heterocycles. The van der Waals surface area contributed by atoms with Crippen LogP contribution >= 0.6 is 15.9 Å². The molecule has 4 rings (SSSR count). The number of rotatable bonds is 4. The van der Waals surface area contributed by atoms with E-state index in [4.69, 9.17) is 0 Å². The summed E-state index contributed by atoms with van der Waals surface area (Å²) in [6, 6.07) is 0. The van der Waals surface area contributed by atoms with E-state index in [-0.39, 0.29) is 0 Å². The highest BCUT2D eigenvalue weighted by molar-refractivity contribution is 9.11. The third-order valence-electron chi connectivity index (χ3n) is 10.8. The Balaban J connectivity index is 0.000000176. The summed E-state index contributed by atoms with van der Waals surface area (Å²) in [4.78, 5) is 14.2. The molecule has 2 heteroatoms. The number of carbonyl (C=O) groups is 1. The second kappa shape index (κ2) is 10.4. The first-order valence-corrected chi connectivity index (χ1v) is 14.5. The fourth-order valence-corrected chi connectivity index (χ4v) is 9.17. The van der Waals surface area contributed by atoms with Crippen LogP contribution in [-0.4, -0.2) is 5.78 Å². The highest BCUT2D eigenvalue weighted by atomic mass is 79.9. The van der Waals surface area contributed by atoms with Crippen molar-refractivity contribution >= 4 is 21.7 Å². The third kappa shape index (κ3) is 4.76. The summed E-state index contributed by atoms with van der Waals surface area (Å²) in [6.07, 6.45) is 15.4. The van der Waals surface area contributed by atoms with E-state index in [1.54, 1.807) is 5.57 Å². The summed E-state index contributed by atoms with van der Waals surface area (Å²) in [5.74, 6) is 5.32. The van der Waals surface area contributed by atoms with Gasteiger partial charge in [-0.2, -0.15) is 0 Å². The van der Waals surface area contributed by atoms with E-state index in [0.29, 0.717) is 22.5 Å². The zero-order valence-electron chi connectivity index (χ0n) is 21.3. The molecule has 0 spiro atoms. The second-order valence-electron chi connectivity index (χ2n) is 12.1. The zero-order chi connectivity index (χ0) is 22.8. The molecule has 4 aliphatic carbocycles. The van der Waals surface area contributed by atoms with Crippen LogP contribution in [0.2, 0.25) is 0 Å². The Labute approximate surface area is 201 Å². The van der Waals surface area contributed by atoms with Gasteiger partial charge in [0.2, 0.25) is 0 Å². The Morgan fingerprint density at radius 3 is 1.87 bits per heavy atom. The van der Waals surface area contributed by atoms with E-state index in [1.165, 1.54) is 64.2 Å². The van der Waals surface area contributed by atoms with E-state index >= 15 is 0 Å². The topological polar surface area (TPSA) is 17.1 Å². The van der Waals surface area contributed by atoms with Gasteiger partial charge in [0.05, 0.1) is 0 Å². The summed E-state index contributed by atoms with van der Waals surface area (Å²) in [7, 11) is 0. The molecule has 0 aromatic rings. The number of ketones is 1. The smallest absolute Gasteiger partial charge is 0.136 e. The predicted octanol–water partition coefficient (Wildman–Crippen LogP) is 9.35. The molecule has 178 valence electrons. The number of hydrogen-bond acceptors (Lipinski definition) is 1. The number of halogens is 1. The minimum Gasteiger partial charge on any atom is -0.299 e. The summed E-state index contributed by atoms with van der Waals surface area (Å²) < 4.78 is 0. The van der Waals surface area contributed by atoms with Gasteiger partial charge >= 0.3 is 0 Å². The van der Waals surface area contributed by atoms with E-state index in [0.717, 1.165) is 42.4 Å². The average Bonchev–Trinajstić information content (AvgIpc) is 3.30. The largest absolute Gasteiger partial charge is 0.299 e. The molecular weight excluding hydrogens is 444 g/mol. The van der Waals surface area contributed by atoms with Crippen LogP contribution in [0.5, 0.6) is 0 Å². The van der Waals surface area contributed by atoms with Crippen LogP contribution in [0.4, 0.5) is 0 Å². The molecule has 0 aromatic carbocycles. The van der Waals surface area contributed by atoms with E-state index < -0.39 is 0 Å². The minimum absolute atomic E-state index is 0.352. The Bertz CT molecular complexity index is 653. The number of carbonyl (C=O) groups excluding carboxylic acids is 1. The minimum atomic E-state index is 0.352. The van der Waals surface area contributed by atoms with Gasteiger partial charge in [0.25, 0.3) is 0 Å². The van der Waals surface area contributed by atoms with Crippen molar-refractivity contribution in [2.75, 3.05) is 0 Å². The van der Waals surface area contributed by atoms with Crippen molar-refractivity contribution in [3.63, 3.8) is 0 Å². The van der Waals surface area contributed by atoms with Crippen LogP contribution in [0, 0.1) is 46.3 Å². The first kappa shape index (κ1) is 25.5. The molecular formula is C29H49BrO. The van der Waals surface area contributed by atoms with Gasteiger partial charge in [-0.05, 0) is 103 Å². The number of allylic oxidation sites excluding steroid dienone is 1. The van der Waals surface area contributed by atoms with Gasteiger partial charge in [0.1, 0.15) is 5.78 Å². The maximum atomic E-state index is 11.9. The fraction of sp³-hybridized carbons (Fsp3) is 0.897. The van der Waals surface area contributed by atoms with Crippen LogP contribution in [0.15, 0.2) is 10.6 Å². The molecule has 1 nitrogen and oxygen atoms in total. The first-order valence-electron chi connectivity index (χ1n) is 13.5. The van der Waals surface area contributed by atoms with Crippen molar-refractivity contribution < 1.29 is 4.79 Å². The van der Waals surface area contributed by atoms with Gasteiger partial charge in [-0.3, -0.25) is 4.79 Å². The molecule has 8 atom stereocenters. The lowest BCUT2D eigenvalue weighted by Crippen LogP contribution is -2.39. The van der Waals surface area contributed by atoms with E-state index in [9.17, 15) is 4.79 Å². The highest BCUT2D eigenvalue weighted by Gasteiger charge is 2.52. The van der Waals surface area contributed by atoms with Crippen LogP contribution < -0.4 is 0 Å². The van der Waals surface area contributed by atoms with E-state index in [1.807, 2.05) is 0 Å². The lowest BCUT2D eigenvalue weighted by Gasteiger charge is -2.44. The molecule has 4 saturated carbocycles. The van der Waals surface area contributed by atoms with Gasteiger partial charge in [-0.15, -0.1) is 0 Å². The van der Waals surface area contributed by atoms with Crippen molar-refractivity contribution in [3.8, 4) is 0 Å². The van der Waals surface area contributed by atoms with Gasteiger partial charge in [0.15, 0.2) is 0 Å². The quantitative estimate of drug-likeness (QED) is 0.381. The molecule has 0 aromatic heterocycles. The Hall–Kier alpha value is -0.110. The van der Waals surface area contributed by atoms with Crippen molar-refractivity contribution in [1.82, 2.24) is 0 Å². The van der Waals surface area contributed by atoms with Crippen LogP contribution in [0.1, 0.15) is 119 Å². The summed E-state index contributed by atoms with van der Waals surface area (Å²) in [5, 5.41) is 0. The Kier molecular flexibility index (Phi) is 8.59. The van der Waals surface area contributed by atoms with Gasteiger partial charge < -0.3 is 0 Å². The van der Waals surface area contributed by atoms with Crippen LogP contribution in [0.25, 0.3) is 0 Å². The van der Waals surface area contributed by atoms with Gasteiger partial charge in [-0.1, -0.05) is 75.9 Å². The standard InChI is InChI=1S/C15H25Br.C14H24O/c1-4-11(2)13-7-8-14-12(10-16)6-5-9-15(13,14)3;1-4-10(2)11-7-8-12-13(15)6-5-9-14(11,12)3/h10-11,13-14H,4-9H2,1-3H3;10-12H,4-9H2,1-3H3/b12-10+;/t11-,13-,14+,15-;10-,11-,12+,14-/m11/s1. The molecule has 0 N–H and O–H groups in total. The fourth-order valence-electron chi connectivity index (χ4n) is 8.62. The van der Waals surface area contributed by atoms with Gasteiger partial charge in [-0.25, -0.2) is 0 Å². The first-order chi connectivity index (χ1) is 14.7. The molecule has 0 aliphatic heterocycles. The molecule has 4 aliphatic rings. The monoisotopic (exact) mass is 492 g/mol. The molecule has 0 heterocycles. The Morgan fingerprint density at radius 2 is 1.35 bits per heavy atom. The Morgan fingerprint density at radius 1 is 0.871 bits per heavy atom. The molecule has 0 unspecified atom stereocenters. The number of fused-ring (bicyclic) bond motifs is 2. The van der Waals surface area contributed by atoms with Gasteiger partial charge in [0, 0.05) is 12.3 Å². The lowest BCUT2D eigenvalue weighted by molar-refractivity contribution is -0.130. The van der Waals surface area contributed by atoms with Crippen molar-refractivity contribution in [1.29, 1.82) is 0 Å². The summed E-state index contributed by atoms with van der Waals surface area (Å²) in [6.45, 7) is 14.4.